The van der Waals surface area contributed by atoms with Gasteiger partial charge in [-0.15, -0.1) is 0 Å². The van der Waals surface area contributed by atoms with Crippen molar-refractivity contribution in [3.8, 4) is 0 Å². The van der Waals surface area contributed by atoms with E-state index in [1.165, 1.54) is 0 Å². The molecule has 2 rings (SSSR count). The van der Waals surface area contributed by atoms with Crippen molar-refractivity contribution in [2.75, 3.05) is 26.2 Å². The molecule has 0 aromatic heterocycles. The Bertz CT molecular complexity index is 504. The Hall–Kier alpha value is -1.40. The number of amides is 2. The Balaban J connectivity index is 1.77. The average Bonchev–Trinajstić information content (AvgIpc) is 2.48. The molecule has 2 N–H and O–H groups in total. The first kappa shape index (κ1) is 16.0. The van der Waals surface area contributed by atoms with Crippen LogP contribution in [0.15, 0.2) is 28.7 Å². The molecule has 1 saturated heterocycles. The molecule has 1 heterocycles. The van der Waals surface area contributed by atoms with Gasteiger partial charge in [0.25, 0.3) is 5.91 Å². The van der Waals surface area contributed by atoms with Crippen LogP contribution in [-0.2, 0) is 4.79 Å². The number of hydrogen-bond donors (Lipinski definition) is 2. The predicted octanol–water partition coefficient (Wildman–Crippen LogP) is 1.39. The molecule has 1 aromatic rings. The highest BCUT2D eigenvalue weighted by molar-refractivity contribution is 9.10. The molecule has 0 saturated carbocycles. The van der Waals surface area contributed by atoms with Crippen LogP contribution in [0.5, 0.6) is 0 Å². The van der Waals surface area contributed by atoms with Crippen molar-refractivity contribution in [2.24, 2.45) is 0 Å². The summed E-state index contributed by atoms with van der Waals surface area (Å²) in [6.07, 6.45) is 0.340. The fraction of sp³-hybridized carbons (Fsp3) is 0.467. The standard InChI is InChI=1S/C15H20BrN3O2/c1-11-10-17-8-9-19(11)14(20)6-7-18-15(21)12-2-4-13(16)5-3-12/h2-5,11,17H,6-10H2,1H3,(H,18,21). The van der Waals surface area contributed by atoms with Gasteiger partial charge in [-0.25, -0.2) is 0 Å². The van der Waals surface area contributed by atoms with Crippen molar-refractivity contribution >= 4 is 27.7 Å². The number of nitrogens with zero attached hydrogens (tertiary/aromatic N) is 1. The number of piperazine rings is 1. The van der Waals surface area contributed by atoms with Gasteiger partial charge in [0.2, 0.25) is 5.91 Å². The SMILES string of the molecule is CC1CNCCN1C(=O)CCNC(=O)c1ccc(Br)cc1. The lowest BCUT2D eigenvalue weighted by molar-refractivity contribution is -0.133. The summed E-state index contributed by atoms with van der Waals surface area (Å²) in [7, 11) is 0. The molecule has 0 spiro atoms. The molecule has 21 heavy (non-hydrogen) atoms. The molecule has 1 fully saturated rings. The second-order valence-electron chi connectivity index (χ2n) is 5.15. The van der Waals surface area contributed by atoms with E-state index in [4.69, 9.17) is 0 Å². The Morgan fingerprint density at radius 2 is 2.10 bits per heavy atom. The van der Waals surface area contributed by atoms with E-state index in [-0.39, 0.29) is 17.9 Å². The first-order chi connectivity index (χ1) is 10.1. The van der Waals surface area contributed by atoms with Crippen molar-refractivity contribution in [2.45, 2.75) is 19.4 Å². The molecule has 1 aliphatic heterocycles. The Morgan fingerprint density at radius 1 is 1.38 bits per heavy atom. The molecule has 0 bridgehead atoms. The van der Waals surface area contributed by atoms with Crippen LogP contribution >= 0.6 is 15.9 Å². The van der Waals surface area contributed by atoms with Crippen LogP contribution in [0.3, 0.4) is 0 Å². The minimum Gasteiger partial charge on any atom is -0.352 e. The summed E-state index contributed by atoms with van der Waals surface area (Å²) >= 11 is 3.33. The third-order valence-corrected chi connectivity index (χ3v) is 4.08. The summed E-state index contributed by atoms with van der Waals surface area (Å²) in [6, 6.07) is 7.36. The number of hydrogen-bond acceptors (Lipinski definition) is 3. The molecule has 2 amide bonds. The first-order valence-electron chi connectivity index (χ1n) is 7.12. The van der Waals surface area contributed by atoms with Gasteiger partial charge in [-0.1, -0.05) is 15.9 Å². The molecule has 1 unspecified atom stereocenters. The number of carbonyl (C=O) groups excluding carboxylic acids is 2. The van der Waals surface area contributed by atoms with Gasteiger partial charge in [-0.2, -0.15) is 0 Å². The fourth-order valence-corrected chi connectivity index (χ4v) is 2.61. The second kappa shape index (κ2) is 7.56. The summed E-state index contributed by atoms with van der Waals surface area (Å²) in [5, 5.41) is 6.04. The van der Waals surface area contributed by atoms with Gasteiger partial charge in [-0.05, 0) is 31.2 Å². The monoisotopic (exact) mass is 353 g/mol. The average molecular weight is 354 g/mol. The summed E-state index contributed by atoms with van der Waals surface area (Å²) in [4.78, 5) is 25.9. The van der Waals surface area contributed by atoms with Crippen LogP contribution in [-0.4, -0.2) is 48.9 Å². The zero-order chi connectivity index (χ0) is 15.2. The lowest BCUT2D eigenvalue weighted by atomic mass is 10.2. The minimum absolute atomic E-state index is 0.0973. The number of nitrogens with one attached hydrogen (secondary N) is 2. The maximum absolute atomic E-state index is 12.1. The molecular weight excluding hydrogens is 334 g/mol. The highest BCUT2D eigenvalue weighted by atomic mass is 79.9. The molecule has 0 radical (unpaired) electrons. The van der Waals surface area contributed by atoms with Crippen LogP contribution in [0.2, 0.25) is 0 Å². The Labute approximate surface area is 133 Å². The largest absolute Gasteiger partial charge is 0.352 e. The van der Waals surface area contributed by atoms with E-state index < -0.39 is 0 Å². The zero-order valence-corrected chi connectivity index (χ0v) is 13.6. The topological polar surface area (TPSA) is 61.4 Å². The third-order valence-electron chi connectivity index (χ3n) is 3.55. The van der Waals surface area contributed by atoms with Crippen molar-refractivity contribution in [3.05, 3.63) is 34.3 Å². The summed E-state index contributed by atoms with van der Waals surface area (Å²) < 4.78 is 0.932. The van der Waals surface area contributed by atoms with Crippen molar-refractivity contribution in [3.63, 3.8) is 0 Å². The summed E-state index contributed by atoms with van der Waals surface area (Å²) in [5.41, 5.74) is 0.598. The van der Waals surface area contributed by atoms with Gasteiger partial charge < -0.3 is 15.5 Å². The van der Waals surface area contributed by atoms with E-state index in [2.05, 4.69) is 26.6 Å². The Kier molecular flexibility index (Phi) is 5.76. The maximum atomic E-state index is 12.1. The van der Waals surface area contributed by atoms with Gasteiger partial charge in [0.15, 0.2) is 0 Å². The third kappa shape index (κ3) is 4.54. The van der Waals surface area contributed by atoms with Crippen molar-refractivity contribution in [1.29, 1.82) is 0 Å². The zero-order valence-electron chi connectivity index (χ0n) is 12.1. The van der Waals surface area contributed by atoms with Gasteiger partial charge in [0.1, 0.15) is 0 Å². The van der Waals surface area contributed by atoms with E-state index in [1.807, 2.05) is 24.0 Å². The van der Waals surface area contributed by atoms with Crippen LogP contribution in [0.1, 0.15) is 23.7 Å². The van der Waals surface area contributed by atoms with Crippen molar-refractivity contribution < 1.29 is 9.59 Å². The molecule has 1 atom stereocenters. The van der Waals surface area contributed by atoms with E-state index in [0.29, 0.717) is 18.5 Å². The minimum atomic E-state index is -0.149. The Morgan fingerprint density at radius 3 is 2.76 bits per heavy atom. The summed E-state index contributed by atoms with van der Waals surface area (Å²) in [6.45, 7) is 4.80. The molecular formula is C15H20BrN3O2. The van der Waals surface area contributed by atoms with Crippen LogP contribution < -0.4 is 10.6 Å². The number of rotatable bonds is 4. The van der Waals surface area contributed by atoms with E-state index in [9.17, 15) is 9.59 Å². The van der Waals surface area contributed by atoms with Gasteiger partial charge in [-0.3, -0.25) is 9.59 Å². The lowest BCUT2D eigenvalue weighted by Crippen LogP contribution is -2.52. The van der Waals surface area contributed by atoms with E-state index in [0.717, 1.165) is 24.1 Å². The molecule has 0 aliphatic carbocycles. The first-order valence-corrected chi connectivity index (χ1v) is 7.91. The molecule has 1 aromatic carbocycles. The van der Waals surface area contributed by atoms with E-state index >= 15 is 0 Å². The van der Waals surface area contributed by atoms with Crippen LogP contribution in [0.4, 0.5) is 0 Å². The number of carbonyl (C=O) groups is 2. The van der Waals surface area contributed by atoms with Crippen LogP contribution in [0.25, 0.3) is 0 Å². The molecule has 114 valence electrons. The highest BCUT2D eigenvalue weighted by Crippen LogP contribution is 2.10. The maximum Gasteiger partial charge on any atom is 0.251 e. The summed E-state index contributed by atoms with van der Waals surface area (Å²) in [5.74, 6) is -0.0521. The van der Waals surface area contributed by atoms with Gasteiger partial charge >= 0.3 is 0 Å². The number of halogens is 1. The lowest BCUT2D eigenvalue weighted by Gasteiger charge is -2.34. The van der Waals surface area contributed by atoms with Gasteiger partial charge in [0, 0.05) is 48.7 Å². The van der Waals surface area contributed by atoms with Gasteiger partial charge in [0.05, 0.1) is 0 Å². The second-order valence-corrected chi connectivity index (χ2v) is 6.07. The smallest absolute Gasteiger partial charge is 0.251 e. The molecule has 5 nitrogen and oxygen atoms in total. The molecule has 6 heteroatoms. The van der Waals surface area contributed by atoms with Crippen molar-refractivity contribution in [1.82, 2.24) is 15.5 Å². The molecule has 1 aliphatic rings. The fourth-order valence-electron chi connectivity index (χ4n) is 2.34. The highest BCUT2D eigenvalue weighted by Gasteiger charge is 2.22. The quantitative estimate of drug-likeness (QED) is 0.859. The number of benzene rings is 1. The predicted molar refractivity (Wildman–Crippen MR) is 85.1 cm³/mol. The van der Waals surface area contributed by atoms with Crippen LogP contribution in [0, 0.1) is 0 Å². The van der Waals surface area contributed by atoms with E-state index in [1.54, 1.807) is 12.1 Å². The normalized spacial score (nSPS) is 18.4.